The number of benzene rings is 2. The Bertz CT molecular complexity index is 800. The molecular weight excluding hydrogens is 328 g/mol. The van der Waals surface area contributed by atoms with Crippen LogP contribution in [0.15, 0.2) is 58.5 Å². The topological polar surface area (TPSA) is 95.8 Å². The van der Waals surface area contributed by atoms with Crippen LogP contribution in [0.5, 0.6) is 0 Å². The number of carbonyl (C=O) groups is 1. The van der Waals surface area contributed by atoms with Gasteiger partial charge in [0.05, 0.1) is 16.7 Å². The summed E-state index contributed by atoms with van der Waals surface area (Å²) in [5.74, 6) is -1.04. The number of halogens is 1. The highest BCUT2D eigenvalue weighted by Gasteiger charge is 2.11. The first-order chi connectivity index (χ1) is 10.4. The molecule has 0 aliphatic heterocycles. The van der Waals surface area contributed by atoms with E-state index < -0.39 is 16.0 Å². The van der Waals surface area contributed by atoms with Gasteiger partial charge in [0.1, 0.15) is 0 Å². The van der Waals surface area contributed by atoms with Crippen molar-refractivity contribution in [2.24, 2.45) is 5.10 Å². The summed E-state index contributed by atoms with van der Waals surface area (Å²) in [4.78, 5) is 12.8. The Morgan fingerprint density at radius 1 is 1.09 bits per heavy atom. The Morgan fingerprint density at radius 3 is 2.23 bits per heavy atom. The molecule has 0 saturated carbocycles. The normalized spacial score (nSPS) is 11.5. The Labute approximate surface area is 132 Å². The number of nitrogens with one attached hydrogen (secondary N) is 1. The molecule has 0 aliphatic carbocycles. The number of aromatic carboxylic acids is 1. The standard InChI is InChI=1S/C14H11ClN2O4S/c15-12-5-7-13(8-6-12)22(20,21)17-16-9-10-1-3-11(4-2-10)14(18)19/h1-9,17H,(H,18,19)/b16-9+. The first kappa shape index (κ1) is 16.0. The summed E-state index contributed by atoms with van der Waals surface area (Å²) in [5.41, 5.74) is 0.697. The monoisotopic (exact) mass is 338 g/mol. The maximum Gasteiger partial charge on any atom is 0.335 e. The van der Waals surface area contributed by atoms with Gasteiger partial charge in [-0.25, -0.2) is 9.63 Å². The van der Waals surface area contributed by atoms with Gasteiger partial charge in [0, 0.05) is 5.02 Å². The van der Waals surface area contributed by atoms with E-state index in [1.165, 1.54) is 54.7 Å². The molecule has 22 heavy (non-hydrogen) atoms. The molecule has 0 fully saturated rings. The van der Waals surface area contributed by atoms with Gasteiger partial charge in [-0.1, -0.05) is 23.7 Å². The lowest BCUT2D eigenvalue weighted by atomic mass is 10.1. The molecular formula is C14H11ClN2O4S. The van der Waals surface area contributed by atoms with E-state index in [9.17, 15) is 13.2 Å². The van der Waals surface area contributed by atoms with E-state index in [4.69, 9.17) is 16.7 Å². The lowest BCUT2D eigenvalue weighted by molar-refractivity contribution is 0.0697. The van der Waals surface area contributed by atoms with Crippen molar-refractivity contribution in [2.75, 3.05) is 0 Å². The molecule has 0 unspecified atom stereocenters. The minimum atomic E-state index is -3.77. The van der Waals surface area contributed by atoms with Crippen molar-refractivity contribution in [2.45, 2.75) is 4.90 Å². The molecule has 2 aromatic carbocycles. The summed E-state index contributed by atoms with van der Waals surface area (Å²) in [6, 6.07) is 11.5. The van der Waals surface area contributed by atoms with E-state index in [0.29, 0.717) is 10.6 Å². The summed E-state index contributed by atoms with van der Waals surface area (Å²) >= 11 is 5.69. The molecule has 0 spiro atoms. The fraction of sp³-hybridized carbons (Fsp3) is 0. The van der Waals surface area contributed by atoms with E-state index in [-0.39, 0.29) is 10.5 Å². The van der Waals surface area contributed by atoms with Crippen LogP contribution >= 0.6 is 11.6 Å². The second-order valence-corrected chi connectivity index (χ2v) is 6.33. The maximum absolute atomic E-state index is 11.9. The van der Waals surface area contributed by atoms with Gasteiger partial charge in [0.2, 0.25) is 0 Å². The fourth-order valence-corrected chi connectivity index (χ4v) is 2.47. The summed E-state index contributed by atoms with van der Waals surface area (Å²) in [5, 5.41) is 12.8. The predicted molar refractivity (Wildman–Crippen MR) is 82.8 cm³/mol. The Kier molecular flexibility index (Phi) is 4.79. The van der Waals surface area contributed by atoms with Gasteiger partial charge < -0.3 is 5.11 Å². The van der Waals surface area contributed by atoms with Crippen molar-refractivity contribution in [1.29, 1.82) is 0 Å². The first-order valence-corrected chi connectivity index (χ1v) is 7.88. The van der Waals surface area contributed by atoms with Gasteiger partial charge in [-0.2, -0.15) is 13.5 Å². The van der Waals surface area contributed by atoms with Gasteiger partial charge in [0.25, 0.3) is 10.0 Å². The second-order valence-electron chi connectivity index (χ2n) is 4.23. The maximum atomic E-state index is 11.9. The van der Waals surface area contributed by atoms with Crippen LogP contribution in [0.25, 0.3) is 0 Å². The third-order valence-electron chi connectivity index (χ3n) is 2.67. The molecule has 0 radical (unpaired) electrons. The largest absolute Gasteiger partial charge is 0.478 e. The number of hydrogen-bond acceptors (Lipinski definition) is 4. The minimum absolute atomic E-state index is 0.0373. The van der Waals surface area contributed by atoms with Crippen molar-refractivity contribution < 1.29 is 18.3 Å². The number of rotatable bonds is 5. The van der Waals surface area contributed by atoms with Crippen LogP contribution in [0.4, 0.5) is 0 Å². The molecule has 0 aromatic heterocycles. The lowest BCUT2D eigenvalue weighted by Crippen LogP contribution is -2.18. The van der Waals surface area contributed by atoms with Crippen molar-refractivity contribution >= 4 is 33.8 Å². The Morgan fingerprint density at radius 2 is 1.68 bits per heavy atom. The van der Waals surface area contributed by atoms with Gasteiger partial charge in [-0.05, 0) is 42.0 Å². The lowest BCUT2D eigenvalue weighted by Gasteiger charge is -2.03. The zero-order chi connectivity index (χ0) is 16.2. The molecule has 8 heteroatoms. The molecule has 2 N–H and O–H groups in total. The zero-order valence-electron chi connectivity index (χ0n) is 11.1. The second kappa shape index (κ2) is 6.59. The molecule has 0 heterocycles. The number of nitrogens with zero attached hydrogens (tertiary/aromatic N) is 1. The van der Waals surface area contributed by atoms with Crippen LogP contribution in [-0.2, 0) is 10.0 Å². The highest BCUT2D eigenvalue weighted by molar-refractivity contribution is 7.89. The molecule has 0 saturated heterocycles. The number of sulfonamides is 1. The highest BCUT2D eigenvalue weighted by atomic mass is 35.5. The summed E-state index contributed by atoms with van der Waals surface area (Å²) in [7, 11) is -3.77. The third-order valence-corrected chi connectivity index (χ3v) is 4.16. The van der Waals surface area contributed by atoms with E-state index in [1.54, 1.807) is 0 Å². The molecule has 2 aromatic rings. The van der Waals surface area contributed by atoms with Crippen LogP contribution in [0.1, 0.15) is 15.9 Å². The summed E-state index contributed by atoms with van der Waals surface area (Å²) in [6.07, 6.45) is 1.28. The van der Waals surface area contributed by atoms with Crippen LogP contribution in [-0.4, -0.2) is 25.7 Å². The van der Waals surface area contributed by atoms with E-state index in [0.717, 1.165) is 0 Å². The molecule has 0 amide bonds. The third kappa shape index (κ3) is 4.06. The number of hydrazone groups is 1. The van der Waals surface area contributed by atoms with Gasteiger partial charge in [-0.15, -0.1) is 0 Å². The Balaban J connectivity index is 2.08. The van der Waals surface area contributed by atoms with Gasteiger partial charge in [-0.3, -0.25) is 0 Å². The predicted octanol–water partition coefficient (Wildman–Crippen LogP) is 2.35. The van der Waals surface area contributed by atoms with Crippen molar-refractivity contribution in [3.8, 4) is 0 Å². The van der Waals surface area contributed by atoms with Crippen molar-refractivity contribution in [1.82, 2.24) is 4.83 Å². The molecule has 114 valence electrons. The molecule has 6 nitrogen and oxygen atoms in total. The molecule has 0 bridgehead atoms. The molecule has 2 rings (SSSR count). The van der Waals surface area contributed by atoms with E-state index >= 15 is 0 Å². The zero-order valence-corrected chi connectivity index (χ0v) is 12.7. The average molecular weight is 339 g/mol. The molecule has 0 aliphatic rings. The number of carboxylic acid groups (broad SMARTS) is 1. The van der Waals surface area contributed by atoms with E-state index in [1.807, 2.05) is 0 Å². The SMILES string of the molecule is O=C(O)c1ccc(/C=N/NS(=O)(=O)c2ccc(Cl)cc2)cc1. The number of hydrogen-bond donors (Lipinski definition) is 2. The average Bonchev–Trinajstić information content (AvgIpc) is 2.48. The highest BCUT2D eigenvalue weighted by Crippen LogP contribution is 2.13. The number of carboxylic acids is 1. The fourth-order valence-electron chi connectivity index (χ4n) is 1.55. The quantitative estimate of drug-likeness (QED) is 0.646. The minimum Gasteiger partial charge on any atom is -0.478 e. The van der Waals surface area contributed by atoms with Crippen LogP contribution in [0.2, 0.25) is 5.02 Å². The van der Waals surface area contributed by atoms with E-state index in [2.05, 4.69) is 9.93 Å². The summed E-state index contributed by atoms with van der Waals surface area (Å²) < 4.78 is 23.9. The molecule has 0 atom stereocenters. The summed E-state index contributed by atoms with van der Waals surface area (Å²) in [6.45, 7) is 0. The first-order valence-electron chi connectivity index (χ1n) is 6.02. The van der Waals surface area contributed by atoms with Gasteiger partial charge >= 0.3 is 5.97 Å². The van der Waals surface area contributed by atoms with Crippen LogP contribution in [0, 0.1) is 0 Å². The van der Waals surface area contributed by atoms with Gasteiger partial charge in [0.15, 0.2) is 0 Å². The smallest absolute Gasteiger partial charge is 0.335 e. The van der Waals surface area contributed by atoms with Crippen molar-refractivity contribution in [3.05, 3.63) is 64.7 Å². The Hall–Kier alpha value is -2.38. The van der Waals surface area contributed by atoms with Crippen LogP contribution in [0.3, 0.4) is 0 Å². The van der Waals surface area contributed by atoms with Crippen LogP contribution < -0.4 is 4.83 Å². The van der Waals surface area contributed by atoms with Crippen molar-refractivity contribution in [3.63, 3.8) is 0 Å².